The molecule has 0 saturated carbocycles. The highest BCUT2D eigenvalue weighted by molar-refractivity contribution is 5.68. The van der Waals surface area contributed by atoms with Gasteiger partial charge in [-0.25, -0.2) is 4.79 Å². The molecule has 2 heterocycles. The second-order valence-corrected chi connectivity index (χ2v) is 7.10. The highest BCUT2D eigenvalue weighted by Crippen LogP contribution is 2.35. The van der Waals surface area contributed by atoms with Gasteiger partial charge in [0.2, 0.25) is 0 Å². The Morgan fingerprint density at radius 3 is 2.30 bits per heavy atom. The lowest BCUT2D eigenvalue weighted by atomic mass is 9.75. The van der Waals surface area contributed by atoms with Crippen LogP contribution in [0.3, 0.4) is 0 Å². The van der Waals surface area contributed by atoms with E-state index < -0.39 is 11.2 Å². The molecule has 2 saturated heterocycles. The van der Waals surface area contributed by atoms with Crippen molar-refractivity contribution < 1.29 is 14.6 Å². The lowest BCUT2D eigenvalue weighted by molar-refractivity contribution is -0.0766. The van der Waals surface area contributed by atoms with E-state index in [0.29, 0.717) is 31.8 Å². The molecule has 0 aliphatic carbocycles. The zero-order chi connectivity index (χ0) is 14.8. The Kier molecular flexibility index (Phi) is 4.59. The molecule has 2 N–H and O–H groups in total. The van der Waals surface area contributed by atoms with Gasteiger partial charge < -0.3 is 20.1 Å². The van der Waals surface area contributed by atoms with E-state index in [9.17, 15) is 9.90 Å². The molecule has 2 aliphatic heterocycles. The number of rotatable bonds is 1. The van der Waals surface area contributed by atoms with Crippen molar-refractivity contribution in [1.82, 2.24) is 10.2 Å². The van der Waals surface area contributed by atoms with E-state index >= 15 is 0 Å². The van der Waals surface area contributed by atoms with Crippen LogP contribution in [-0.2, 0) is 4.74 Å². The minimum Gasteiger partial charge on any atom is -0.444 e. The van der Waals surface area contributed by atoms with Gasteiger partial charge >= 0.3 is 6.09 Å². The molecular formula is C15H28N2O3. The van der Waals surface area contributed by atoms with Crippen LogP contribution in [0.2, 0.25) is 0 Å². The summed E-state index contributed by atoms with van der Waals surface area (Å²) < 4.78 is 5.39. The van der Waals surface area contributed by atoms with Gasteiger partial charge in [-0.1, -0.05) is 0 Å². The van der Waals surface area contributed by atoms with Gasteiger partial charge in [0.25, 0.3) is 0 Å². The molecule has 0 aromatic rings. The Bertz CT molecular complexity index is 338. The van der Waals surface area contributed by atoms with Crippen molar-refractivity contribution in [2.45, 2.75) is 57.7 Å². The molecule has 20 heavy (non-hydrogen) atoms. The fourth-order valence-corrected chi connectivity index (χ4v) is 3.17. The van der Waals surface area contributed by atoms with Gasteiger partial charge in [0.15, 0.2) is 0 Å². The third kappa shape index (κ3) is 3.85. The minimum absolute atomic E-state index is 0.259. The summed E-state index contributed by atoms with van der Waals surface area (Å²) in [5.41, 5.74) is -1.06. The van der Waals surface area contributed by atoms with Gasteiger partial charge in [0.05, 0.1) is 5.60 Å². The van der Waals surface area contributed by atoms with Gasteiger partial charge in [0.1, 0.15) is 5.60 Å². The van der Waals surface area contributed by atoms with Crippen molar-refractivity contribution in [2.75, 3.05) is 26.2 Å². The van der Waals surface area contributed by atoms with Crippen molar-refractivity contribution in [3.63, 3.8) is 0 Å². The largest absolute Gasteiger partial charge is 0.444 e. The standard InChI is InChI=1S/C15H28N2O3/c1-14(2,3)20-13(18)17-10-6-15(19,7-11-17)12-4-8-16-9-5-12/h12,16,19H,4-11H2,1-3H3. The van der Waals surface area contributed by atoms with Gasteiger partial charge in [0, 0.05) is 13.1 Å². The van der Waals surface area contributed by atoms with E-state index in [-0.39, 0.29) is 6.09 Å². The zero-order valence-electron chi connectivity index (χ0n) is 12.9. The van der Waals surface area contributed by atoms with Crippen LogP contribution in [0.15, 0.2) is 0 Å². The maximum Gasteiger partial charge on any atom is 0.410 e. The topological polar surface area (TPSA) is 61.8 Å². The average Bonchev–Trinajstić information content (AvgIpc) is 2.38. The van der Waals surface area contributed by atoms with Crippen molar-refractivity contribution in [2.24, 2.45) is 5.92 Å². The first-order valence-electron chi connectivity index (χ1n) is 7.71. The molecule has 1 amide bonds. The van der Waals surface area contributed by atoms with Crippen LogP contribution in [0.25, 0.3) is 0 Å². The predicted octanol–water partition coefficient (Wildman–Crippen LogP) is 1.75. The Morgan fingerprint density at radius 2 is 1.80 bits per heavy atom. The second kappa shape index (κ2) is 5.90. The maximum absolute atomic E-state index is 12.0. The molecule has 5 nitrogen and oxygen atoms in total. The first-order valence-corrected chi connectivity index (χ1v) is 7.71. The Labute approximate surface area is 121 Å². The van der Waals surface area contributed by atoms with E-state index in [4.69, 9.17) is 4.74 Å². The van der Waals surface area contributed by atoms with Gasteiger partial charge in [-0.2, -0.15) is 0 Å². The molecule has 0 aromatic heterocycles. The highest BCUT2D eigenvalue weighted by atomic mass is 16.6. The summed E-state index contributed by atoms with van der Waals surface area (Å²) in [7, 11) is 0. The molecular weight excluding hydrogens is 256 g/mol. The maximum atomic E-state index is 12.0. The molecule has 2 rings (SSSR count). The number of hydrogen-bond donors (Lipinski definition) is 2. The van der Waals surface area contributed by atoms with E-state index in [1.54, 1.807) is 4.90 Å². The molecule has 5 heteroatoms. The summed E-state index contributed by atoms with van der Waals surface area (Å²) in [5, 5.41) is 14.1. The quantitative estimate of drug-likeness (QED) is 0.770. The second-order valence-electron chi connectivity index (χ2n) is 7.10. The Hall–Kier alpha value is -0.810. The van der Waals surface area contributed by atoms with Crippen LogP contribution in [0, 0.1) is 5.92 Å². The van der Waals surface area contributed by atoms with E-state index in [2.05, 4.69) is 5.32 Å². The minimum atomic E-state index is -0.597. The number of amides is 1. The Morgan fingerprint density at radius 1 is 1.25 bits per heavy atom. The number of aliphatic hydroxyl groups is 1. The fraction of sp³-hybridized carbons (Fsp3) is 0.933. The summed E-state index contributed by atoms with van der Waals surface area (Å²) in [5.74, 6) is 0.365. The molecule has 0 bridgehead atoms. The van der Waals surface area contributed by atoms with Crippen molar-refractivity contribution >= 4 is 6.09 Å². The number of ether oxygens (including phenoxy) is 1. The van der Waals surface area contributed by atoms with Crippen LogP contribution in [-0.4, -0.2) is 53.5 Å². The summed E-state index contributed by atoms with van der Waals surface area (Å²) in [6.45, 7) is 8.79. The molecule has 2 aliphatic rings. The molecule has 116 valence electrons. The van der Waals surface area contributed by atoms with Crippen LogP contribution in [0.1, 0.15) is 46.5 Å². The number of nitrogens with one attached hydrogen (secondary N) is 1. The summed E-state index contributed by atoms with van der Waals surface area (Å²) in [4.78, 5) is 13.7. The Balaban J connectivity index is 1.86. The SMILES string of the molecule is CC(C)(C)OC(=O)N1CCC(O)(C2CCNCC2)CC1. The average molecular weight is 284 g/mol. The van der Waals surface area contributed by atoms with E-state index in [0.717, 1.165) is 25.9 Å². The lowest BCUT2D eigenvalue weighted by Crippen LogP contribution is -2.53. The van der Waals surface area contributed by atoms with Gasteiger partial charge in [-0.05, 0) is 65.5 Å². The fourth-order valence-electron chi connectivity index (χ4n) is 3.17. The van der Waals surface area contributed by atoms with Gasteiger partial charge in [-0.15, -0.1) is 0 Å². The number of carbonyl (C=O) groups is 1. The van der Waals surface area contributed by atoms with Crippen LogP contribution in [0.4, 0.5) is 4.79 Å². The van der Waals surface area contributed by atoms with Crippen molar-refractivity contribution in [3.8, 4) is 0 Å². The predicted molar refractivity (Wildman–Crippen MR) is 77.6 cm³/mol. The first-order chi connectivity index (χ1) is 9.30. The van der Waals surface area contributed by atoms with Crippen LogP contribution >= 0.6 is 0 Å². The highest BCUT2D eigenvalue weighted by Gasteiger charge is 2.41. The third-order valence-corrected chi connectivity index (χ3v) is 4.38. The normalized spacial score (nSPS) is 24.5. The van der Waals surface area contributed by atoms with Crippen molar-refractivity contribution in [1.29, 1.82) is 0 Å². The number of hydrogen-bond acceptors (Lipinski definition) is 4. The summed E-state index contributed by atoms with van der Waals surface area (Å²) in [6, 6.07) is 0. The number of nitrogens with zero attached hydrogens (tertiary/aromatic N) is 1. The number of piperidine rings is 2. The van der Waals surface area contributed by atoms with Crippen molar-refractivity contribution in [3.05, 3.63) is 0 Å². The zero-order valence-corrected chi connectivity index (χ0v) is 12.9. The van der Waals surface area contributed by atoms with E-state index in [1.807, 2.05) is 20.8 Å². The van der Waals surface area contributed by atoms with E-state index in [1.165, 1.54) is 0 Å². The number of likely N-dealkylation sites (tertiary alicyclic amines) is 1. The van der Waals surface area contributed by atoms with Crippen LogP contribution in [0.5, 0.6) is 0 Å². The lowest BCUT2D eigenvalue weighted by Gasteiger charge is -2.44. The molecule has 0 atom stereocenters. The number of carbonyl (C=O) groups excluding carboxylic acids is 1. The summed E-state index contributed by atoms with van der Waals surface area (Å²) in [6.07, 6.45) is 3.13. The molecule has 0 unspecified atom stereocenters. The third-order valence-electron chi connectivity index (χ3n) is 4.38. The molecule has 2 fully saturated rings. The smallest absolute Gasteiger partial charge is 0.410 e. The molecule has 0 spiro atoms. The van der Waals surface area contributed by atoms with Gasteiger partial charge in [-0.3, -0.25) is 0 Å². The van der Waals surface area contributed by atoms with Crippen LogP contribution < -0.4 is 5.32 Å². The molecule has 0 aromatic carbocycles. The first kappa shape index (κ1) is 15.6. The monoisotopic (exact) mass is 284 g/mol. The summed E-state index contributed by atoms with van der Waals surface area (Å²) >= 11 is 0. The molecule has 0 radical (unpaired) electrons.